The van der Waals surface area contributed by atoms with Crippen molar-refractivity contribution in [3.05, 3.63) is 46.2 Å². The standard InChI is InChI=1S/C19H24Cl2N4O2/c1-19(2,3)27-18(26)24-8-6-23(7-9-24)12-14-4-5-15(20)10-17(14)25-13-16(21)11-22-25/h4-5,10-11,13H,6-9,12H2,1-3H3. The van der Waals surface area contributed by atoms with Crippen LogP contribution in [0, 0.1) is 0 Å². The third kappa shape index (κ3) is 5.37. The summed E-state index contributed by atoms with van der Waals surface area (Å²) in [6.45, 7) is 9.23. The van der Waals surface area contributed by atoms with E-state index in [0.29, 0.717) is 23.1 Å². The molecule has 0 spiro atoms. The van der Waals surface area contributed by atoms with Crippen LogP contribution in [0.1, 0.15) is 26.3 Å². The molecule has 0 aliphatic carbocycles. The Balaban J connectivity index is 1.65. The van der Waals surface area contributed by atoms with E-state index in [9.17, 15) is 4.79 Å². The minimum absolute atomic E-state index is 0.250. The molecule has 0 saturated carbocycles. The van der Waals surface area contributed by atoms with Crippen molar-refractivity contribution in [3.8, 4) is 5.69 Å². The van der Waals surface area contributed by atoms with Crippen LogP contribution in [-0.4, -0.2) is 57.5 Å². The average Bonchev–Trinajstić information content (AvgIpc) is 3.02. The molecule has 8 heteroatoms. The van der Waals surface area contributed by atoms with E-state index in [4.69, 9.17) is 27.9 Å². The van der Waals surface area contributed by atoms with E-state index in [0.717, 1.165) is 30.9 Å². The van der Waals surface area contributed by atoms with Gasteiger partial charge in [0.1, 0.15) is 5.60 Å². The van der Waals surface area contributed by atoms with E-state index < -0.39 is 5.60 Å². The Labute approximate surface area is 169 Å². The monoisotopic (exact) mass is 410 g/mol. The zero-order valence-corrected chi connectivity index (χ0v) is 17.3. The summed E-state index contributed by atoms with van der Waals surface area (Å²) in [5, 5.41) is 5.51. The fraction of sp³-hybridized carbons (Fsp3) is 0.474. The number of hydrogen-bond donors (Lipinski definition) is 0. The van der Waals surface area contributed by atoms with Crippen LogP contribution >= 0.6 is 23.2 Å². The van der Waals surface area contributed by atoms with Gasteiger partial charge < -0.3 is 9.64 Å². The second-order valence-corrected chi connectivity index (χ2v) is 8.49. The first-order valence-electron chi connectivity index (χ1n) is 8.90. The molecule has 2 heterocycles. The first kappa shape index (κ1) is 20.0. The Morgan fingerprint density at radius 1 is 1.15 bits per heavy atom. The maximum atomic E-state index is 12.2. The van der Waals surface area contributed by atoms with Crippen molar-refractivity contribution in [1.82, 2.24) is 19.6 Å². The van der Waals surface area contributed by atoms with E-state index in [1.807, 2.05) is 39.0 Å². The molecule has 1 aromatic carbocycles. The molecular weight excluding hydrogens is 387 g/mol. The highest BCUT2D eigenvalue weighted by Gasteiger charge is 2.26. The van der Waals surface area contributed by atoms with Crippen molar-refractivity contribution in [2.75, 3.05) is 26.2 Å². The number of nitrogens with zero attached hydrogens (tertiary/aromatic N) is 4. The lowest BCUT2D eigenvalue weighted by atomic mass is 10.1. The van der Waals surface area contributed by atoms with E-state index in [2.05, 4.69) is 10.00 Å². The van der Waals surface area contributed by atoms with Crippen LogP contribution in [-0.2, 0) is 11.3 Å². The number of rotatable bonds is 3. The van der Waals surface area contributed by atoms with Crippen LogP contribution in [0.5, 0.6) is 0 Å². The number of amides is 1. The number of ether oxygens (including phenoxy) is 1. The molecule has 1 aliphatic rings. The molecule has 1 amide bonds. The van der Waals surface area contributed by atoms with Crippen molar-refractivity contribution in [1.29, 1.82) is 0 Å². The molecule has 3 rings (SSSR count). The largest absolute Gasteiger partial charge is 0.444 e. The summed E-state index contributed by atoms with van der Waals surface area (Å²) in [6, 6.07) is 5.77. The molecule has 146 valence electrons. The van der Waals surface area contributed by atoms with Crippen LogP contribution < -0.4 is 0 Å². The van der Waals surface area contributed by atoms with Crippen molar-refractivity contribution in [2.24, 2.45) is 0 Å². The number of benzene rings is 1. The van der Waals surface area contributed by atoms with Crippen molar-refractivity contribution in [2.45, 2.75) is 32.9 Å². The molecule has 6 nitrogen and oxygen atoms in total. The summed E-state index contributed by atoms with van der Waals surface area (Å²) in [5.41, 5.74) is 1.53. The van der Waals surface area contributed by atoms with Gasteiger partial charge in [0, 0.05) is 43.9 Å². The van der Waals surface area contributed by atoms with Crippen LogP contribution in [0.3, 0.4) is 0 Å². The van der Waals surface area contributed by atoms with Gasteiger partial charge in [0.2, 0.25) is 0 Å². The number of halogens is 2. The maximum Gasteiger partial charge on any atom is 0.410 e. The zero-order valence-electron chi connectivity index (χ0n) is 15.8. The molecule has 0 bridgehead atoms. The molecule has 0 radical (unpaired) electrons. The van der Waals surface area contributed by atoms with Crippen LogP contribution in [0.4, 0.5) is 4.79 Å². The number of carbonyl (C=O) groups is 1. The third-order valence-corrected chi connectivity index (χ3v) is 4.69. The fourth-order valence-corrected chi connectivity index (χ4v) is 3.27. The minimum Gasteiger partial charge on any atom is -0.444 e. The molecule has 1 aliphatic heterocycles. The first-order chi connectivity index (χ1) is 12.7. The summed E-state index contributed by atoms with van der Waals surface area (Å²) in [4.78, 5) is 16.3. The molecule has 0 unspecified atom stereocenters. The Bertz CT molecular complexity index is 808. The highest BCUT2D eigenvalue weighted by Crippen LogP contribution is 2.23. The van der Waals surface area contributed by atoms with Gasteiger partial charge in [-0.05, 0) is 38.5 Å². The summed E-state index contributed by atoms with van der Waals surface area (Å²) >= 11 is 12.2. The smallest absolute Gasteiger partial charge is 0.410 e. The van der Waals surface area contributed by atoms with Gasteiger partial charge in [-0.2, -0.15) is 5.10 Å². The normalized spacial score (nSPS) is 15.8. The van der Waals surface area contributed by atoms with Crippen molar-refractivity contribution in [3.63, 3.8) is 0 Å². The Morgan fingerprint density at radius 3 is 2.44 bits per heavy atom. The van der Waals surface area contributed by atoms with Crippen molar-refractivity contribution < 1.29 is 9.53 Å². The highest BCUT2D eigenvalue weighted by atomic mass is 35.5. The van der Waals surface area contributed by atoms with Gasteiger partial charge in [-0.3, -0.25) is 4.90 Å². The quantitative estimate of drug-likeness (QED) is 0.759. The van der Waals surface area contributed by atoms with E-state index in [1.54, 1.807) is 22.0 Å². The second-order valence-electron chi connectivity index (χ2n) is 7.62. The van der Waals surface area contributed by atoms with Crippen LogP contribution in [0.2, 0.25) is 10.0 Å². The lowest BCUT2D eigenvalue weighted by molar-refractivity contribution is 0.0139. The van der Waals surface area contributed by atoms with Gasteiger partial charge >= 0.3 is 6.09 Å². The van der Waals surface area contributed by atoms with Crippen LogP contribution in [0.15, 0.2) is 30.6 Å². The molecule has 27 heavy (non-hydrogen) atoms. The minimum atomic E-state index is -0.475. The lowest BCUT2D eigenvalue weighted by Crippen LogP contribution is -2.49. The summed E-state index contributed by atoms with van der Waals surface area (Å²) < 4.78 is 7.19. The molecular formula is C19H24Cl2N4O2. The topological polar surface area (TPSA) is 50.6 Å². The lowest BCUT2D eigenvalue weighted by Gasteiger charge is -2.35. The number of aromatic nitrogens is 2. The van der Waals surface area contributed by atoms with E-state index in [-0.39, 0.29) is 6.09 Å². The predicted octanol–water partition coefficient (Wildman–Crippen LogP) is 4.23. The zero-order chi connectivity index (χ0) is 19.6. The second kappa shape index (κ2) is 8.09. The molecule has 0 N–H and O–H groups in total. The fourth-order valence-electron chi connectivity index (χ4n) is 2.97. The Kier molecular flexibility index (Phi) is 5.99. The molecule has 1 fully saturated rings. The number of piperazine rings is 1. The summed E-state index contributed by atoms with van der Waals surface area (Å²) in [5.74, 6) is 0. The molecule has 2 aromatic rings. The van der Waals surface area contributed by atoms with Gasteiger partial charge in [0.15, 0.2) is 0 Å². The summed E-state index contributed by atoms with van der Waals surface area (Å²) in [6.07, 6.45) is 3.11. The predicted molar refractivity (Wildman–Crippen MR) is 107 cm³/mol. The average molecular weight is 411 g/mol. The van der Waals surface area contributed by atoms with Gasteiger partial charge in [0.25, 0.3) is 0 Å². The third-order valence-electron chi connectivity index (χ3n) is 4.26. The van der Waals surface area contributed by atoms with Crippen molar-refractivity contribution >= 4 is 29.3 Å². The molecule has 0 atom stereocenters. The number of hydrogen-bond acceptors (Lipinski definition) is 4. The summed E-state index contributed by atoms with van der Waals surface area (Å²) in [7, 11) is 0. The molecule has 1 aromatic heterocycles. The first-order valence-corrected chi connectivity index (χ1v) is 9.66. The van der Waals surface area contributed by atoms with E-state index in [1.165, 1.54) is 0 Å². The van der Waals surface area contributed by atoms with Gasteiger partial charge in [0.05, 0.1) is 16.9 Å². The van der Waals surface area contributed by atoms with Crippen LogP contribution in [0.25, 0.3) is 5.69 Å². The highest BCUT2D eigenvalue weighted by molar-refractivity contribution is 6.31. The van der Waals surface area contributed by atoms with Gasteiger partial charge in [-0.25, -0.2) is 9.48 Å². The Morgan fingerprint density at radius 2 is 1.85 bits per heavy atom. The molecule has 1 saturated heterocycles. The van der Waals surface area contributed by atoms with E-state index >= 15 is 0 Å². The maximum absolute atomic E-state index is 12.2. The number of carbonyl (C=O) groups excluding carboxylic acids is 1. The van der Waals surface area contributed by atoms with Gasteiger partial charge in [-0.1, -0.05) is 29.3 Å². The SMILES string of the molecule is CC(C)(C)OC(=O)N1CCN(Cc2ccc(Cl)cc2-n2cc(Cl)cn2)CC1. The van der Waals surface area contributed by atoms with Gasteiger partial charge in [-0.15, -0.1) is 0 Å². The Hall–Kier alpha value is -1.76.